The van der Waals surface area contributed by atoms with E-state index in [1.165, 1.54) is 30.5 Å². The molecular formula is C26H30FN5O3. The molecule has 1 aliphatic carbocycles. The molecule has 2 aliphatic heterocycles. The average molecular weight is 480 g/mol. The number of nitrogens with one attached hydrogen (secondary N) is 2. The van der Waals surface area contributed by atoms with Crippen molar-refractivity contribution in [2.75, 3.05) is 31.1 Å². The number of anilines is 1. The molecule has 4 amide bonds. The van der Waals surface area contributed by atoms with E-state index < -0.39 is 23.3 Å². The minimum absolute atomic E-state index is 0.0401. The van der Waals surface area contributed by atoms with Gasteiger partial charge in [0, 0.05) is 32.4 Å². The highest BCUT2D eigenvalue weighted by Gasteiger charge is 2.47. The van der Waals surface area contributed by atoms with Gasteiger partial charge in [-0.25, -0.2) is 14.2 Å². The molecule has 0 radical (unpaired) electrons. The molecular weight excluding hydrogens is 449 g/mol. The Bertz CT molecular complexity index is 1190. The zero-order valence-electron chi connectivity index (χ0n) is 20.1. The summed E-state index contributed by atoms with van der Waals surface area (Å²) in [5, 5.41) is 4.87. The van der Waals surface area contributed by atoms with Gasteiger partial charge in [0.05, 0.1) is 5.56 Å². The quantitative estimate of drug-likeness (QED) is 0.621. The van der Waals surface area contributed by atoms with Crippen LogP contribution in [-0.2, 0) is 10.3 Å². The van der Waals surface area contributed by atoms with Crippen LogP contribution < -0.4 is 15.5 Å². The molecule has 0 spiro atoms. The van der Waals surface area contributed by atoms with Gasteiger partial charge >= 0.3 is 6.03 Å². The van der Waals surface area contributed by atoms with Crippen molar-refractivity contribution in [2.45, 2.75) is 51.0 Å². The number of rotatable bonds is 6. The highest BCUT2D eigenvalue weighted by atomic mass is 19.1. The number of pyridine rings is 1. The molecule has 1 saturated carbocycles. The Labute approximate surface area is 203 Å². The number of halogens is 1. The zero-order chi connectivity index (χ0) is 24.7. The molecule has 3 fully saturated rings. The fourth-order valence-corrected chi connectivity index (χ4v) is 5.20. The Kier molecular flexibility index (Phi) is 5.94. The monoisotopic (exact) mass is 479 g/mol. The van der Waals surface area contributed by atoms with E-state index in [0.717, 1.165) is 11.4 Å². The van der Waals surface area contributed by atoms with E-state index in [9.17, 15) is 14.4 Å². The van der Waals surface area contributed by atoms with Crippen molar-refractivity contribution >= 4 is 23.7 Å². The summed E-state index contributed by atoms with van der Waals surface area (Å²) in [6.45, 7) is 6.11. The Morgan fingerprint density at radius 2 is 1.91 bits per heavy atom. The summed E-state index contributed by atoms with van der Waals surface area (Å²) in [4.78, 5) is 45.9. The van der Waals surface area contributed by atoms with Gasteiger partial charge in [-0.2, -0.15) is 0 Å². The molecule has 35 heavy (non-hydrogen) atoms. The first-order chi connectivity index (χ1) is 16.8. The first-order valence-electron chi connectivity index (χ1n) is 12.3. The van der Waals surface area contributed by atoms with E-state index in [1.807, 2.05) is 13.1 Å². The van der Waals surface area contributed by atoms with Crippen LogP contribution in [0.5, 0.6) is 0 Å². The number of urea groups is 1. The molecule has 0 bridgehead atoms. The Balaban J connectivity index is 1.28. The van der Waals surface area contributed by atoms with Crippen LogP contribution in [0.1, 0.15) is 65.6 Å². The van der Waals surface area contributed by atoms with Crippen molar-refractivity contribution in [3.63, 3.8) is 0 Å². The summed E-state index contributed by atoms with van der Waals surface area (Å²) in [6.07, 6.45) is 5.37. The van der Waals surface area contributed by atoms with E-state index >= 15 is 4.39 Å². The third kappa shape index (κ3) is 4.24. The number of aromatic nitrogens is 1. The van der Waals surface area contributed by atoms with Gasteiger partial charge in [0.2, 0.25) is 0 Å². The maximum Gasteiger partial charge on any atom is 0.322 e. The molecule has 1 unspecified atom stereocenters. The summed E-state index contributed by atoms with van der Waals surface area (Å²) in [5.74, 6) is 0.00443. The van der Waals surface area contributed by atoms with Crippen LogP contribution in [-0.4, -0.2) is 53.9 Å². The van der Waals surface area contributed by atoms with E-state index in [4.69, 9.17) is 0 Å². The number of hydrogen-bond donors (Lipinski definition) is 2. The van der Waals surface area contributed by atoms with Gasteiger partial charge < -0.3 is 15.1 Å². The van der Waals surface area contributed by atoms with E-state index in [-0.39, 0.29) is 11.5 Å². The maximum atomic E-state index is 15.1. The number of nitrogens with zero attached hydrogens (tertiary/aromatic N) is 3. The van der Waals surface area contributed by atoms with Crippen LogP contribution in [0, 0.1) is 12.7 Å². The van der Waals surface area contributed by atoms with E-state index in [1.54, 1.807) is 11.0 Å². The van der Waals surface area contributed by atoms with Gasteiger partial charge in [0.25, 0.3) is 11.8 Å². The van der Waals surface area contributed by atoms with E-state index in [2.05, 4.69) is 33.5 Å². The normalized spacial score (nSPS) is 22.3. The molecule has 9 heteroatoms. The van der Waals surface area contributed by atoms with Crippen molar-refractivity contribution in [3.8, 4) is 0 Å². The molecule has 1 aromatic heterocycles. The van der Waals surface area contributed by atoms with Gasteiger partial charge in [-0.1, -0.05) is 25.5 Å². The number of carbonyl (C=O) groups excluding carboxylic acids is 3. The van der Waals surface area contributed by atoms with Crippen molar-refractivity contribution in [2.24, 2.45) is 0 Å². The average Bonchev–Trinajstić information content (AvgIpc) is 3.64. The smallest absolute Gasteiger partial charge is 0.322 e. The van der Waals surface area contributed by atoms with Crippen LogP contribution in [0.4, 0.5) is 15.0 Å². The van der Waals surface area contributed by atoms with Gasteiger partial charge in [-0.15, -0.1) is 0 Å². The van der Waals surface area contributed by atoms with Crippen molar-refractivity contribution in [1.29, 1.82) is 0 Å². The second-order valence-electron chi connectivity index (χ2n) is 9.72. The predicted molar refractivity (Wildman–Crippen MR) is 129 cm³/mol. The van der Waals surface area contributed by atoms with Gasteiger partial charge in [0.1, 0.15) is 17.2 Å². The number of imide groups is 1. The minimum Gasteiger partial charge on any atom is -0.353 e. The standard InChI is InChI=1S/C26H30FN5O3/c1-3-8-26(24(34)29-25(35)30-26)19-6-7-20(21(27)14-19)23(33)32-11-9-31(10-12-32)22-16(2)13-18(15-28-22)17-4-5-17/h6-7,13-15,17H,3-5,8-12H2,1-2H3,(H2,29,30,34,35). The van der Waals surface area contributed by atoms with Crippen LogP contribution in [0.2, 0.25) is 0 Å². The van der Waals surface area contributed by atoms with Crippen molar-refractivity contribution in [1.82, 2.24) is 20.5 Å². The summed E-state index contributed by atoms with van der Waals surface area (Å²) in [7, 11) is 0. The molecule has 5 rings (SSSR count). The Morgan fingerprint density at radius 3 is 2.49 bits per heavy atom. The third-order valence-corrected chi connectivity index (χ3v) is 7.25. The molecule has 1 aromatic carbocycles. The summed E-state index contributed by atoms with van der Waals surface area (Å²) in [6, 6.07) is 5.78. The SMILES string of the molecule is CCCC1(c2ccc(C(=O)N3CCN(c4ncc(C5CC5)cc4C)CC3)c(F)c2)NC(=O)NC1=O. The Hall–Kier alpha value is -3.49. The first-order valence-corrected chi connectivity index (χ1v) is 12.3. The first kappa shape index (κ1) is 23.3. The number of benzene rings is 1. The van der Waals surface area contributed by atoms with Crippen LogP contribution in [0.3, 0.4) is 0 Å². The lowest BCUT2D eigenvalue weighted by atomic mass is 9.85. The van der Waals surface area contributed by atoms with Crippen LogP contribution >= 0.6 is 0 Å². The lowest BCUT2D eigenvalue weighted by Crippen LogP contribution is -2.49. The van der Waals surface area contributed by atoms with Gasteiger partial charge in [-0.3, -0.25) is 14.9 Å². The van der Waals surface area contributed by atoms with Crippen LogP contribution in [0.15, 0.2) is 30.5 Å². The van der Waals surface area contributed by atoms with E-state index in [0.29, 0.717) is 50.5 Å². The summed E-state index contributed by atoms with van der Waals surface area (Å²) >= 11 is 0. The van der Waals surface area contributed by atoms with Crippen molar-refractivity contribution < 1.29 is 18.8 Å². The molecule has 2 N–H and O–H groups in total. The predicted octanol–water partition coefficient (Wildman–Crippen LogP) is 3.20. The molecule has 3 heterocycles. The lowest BCUT2D eigenvalue weighted by molar-refractivity contribution is -0.124. The number of hydrogen-bond acceptors (Lipinski definition) is 5. The number of piperazine rings is 1. The minimum atomic E-state index is -1.32. The Morgan fingerprint density at radius 1 is 1.17 bits per heavy atom. The fraction of sp³-hybridized carbons (Fsp3) is 0.462. The molecule has 8 nitrogen and oxygen atoms in total. The topological polar surface area (TPSA) is 94.6 Å². The number of aryl methyl sites for hydroxylation is 1. The highest BCUT2D eigenvalue weighted by molar-refractivity contribution is 6.07. The molecule has 1 atom stereocenters. The lowest BCUT2D eigenvalue weighted by Gasteiger charge is -2.36. The number of carbonyl (C=O) groups is 3. The summed E-state index contributed by atoms with van der Waals surface area (Å²) in [5.41, 5.74) is 1.41. The highest BCUT2D eigenvalue weighted by Crippen LogP contribution is 2.40. The number of amides is 4. The molecule has 2 aromatic rings. The van der Waals surface area contributed by atoms with Gasteiger partial charge in [-0.05, 0) is 60.9 Å². The molecule has 3 aliphatic rings. The second-order valence-corrected chi connectivity index (χ2v) is 9.72. The van der Waals surface area contributed by atoms with Gasteiger partial charge in [0.15, 0.2) is 0 Å². The van der Waals surface area contributed by atoms with Crippen molar-refractivity contribution in [3.05, 3.63) is 58.5 Å². The molecule has 2 saturated heterocycles. The largest absolute Gasteiger partial charge is 0.353 e. The molecule has 184 valence electrons. The third-order valence-electron chi connectivity index (χ3n) is 7.25. The maximum absolute atomic E-state index is 15.1. The fourth-order valence-electron chi connectivity index (χ4n) is 5.20. The zero-order valence-corrected chi connectivity index (χ0v) is 20.1. The summed E-state index contributed by atoms with van der Waals surface area (Å²) < 4.78 is 15.1. The van der Waals surface area contributed by atoms with Crippen LogP contribution in [0.25, 0.3) is 0 Å². The second kappa shape index (κ2) is 8.94.